The molecular formula is C8H16N2O4S. The van der Waals surface area contributed by atoms with E-state index in [9.17, 15) is 13.2 Å². The van der Waals surface area contributed by atoms with Crippen LogP contribution in [0.5, 0.6) is 0 Å². The van der Waals surface area contributed by atoms with Gasteiger partial charge in [0.05, 0.1) is 13.5 Å². The first-order chi connectivity index (χ1) is 7.06. The number of nitrogens with zero attached hydrogens (tertiary/aromatic N) is 1. The van der Waals surface area contributed by atoms with Crippen LogP contribution in [0.25, 0.3) is 0 Å². The lowest BCUT2D eigenvalue weighted by Gasteiger charge is -2.15. The summed E-state index contributed by atoms with van der Waals surface area (Å²) >= 11 is 0. The number of hydrogen-bond acceptors (Lipinski definition) is 4. The number of rotatable bonds is 5. The Morgan fingerprint density at radius 1 is 1.40 bits per heavy atom. The quantitative estimate of drug-likeness (QED) is 0.652. The summed E-state index contributed by atoms with van der Waals surface area (Å²) in [5.74, 6) is -0.417. The van der Waals surface area contributed by atoms with Gasteiger partial charge in [-0.3, -0.25) is 4.79 Å². The molecule has 1 rings (SSSR count). The molecule has 1 aliphatic heterocycles. The standard InChI is InChI=1S/C8H16N2O4S/c1-14-8(11)4-5-9-15(12,13)10-6-2-3-7-10/h9H,2-7H2,1H3. The molecule has 6 nitrogen and oxygen atoms in total. The molecule has 88 valence electrons. The molecule has 0 spiro atoms. The normalized spacial score (nSPS) is 17.9. The topological polar surface area (TPSA) is 75.7 Å². The van der Waals surface area contributed by atoms with Gasteiger partial charge in [0.1, 0.15) is 0 Å². The molecule has 0 bridgehead atoms. The van der Waals surface area contributed by atoms with Crippen molar-refractivity contribution in [1.82, 2.24) is 9.03 Å². The molecule has 15 heavy (non-hydrogen) atoms. The molecule has 0 aromatic rings. The Kier molecular flexibility index (Phi) is 4.49. The van der Waals surface area contributed by atoms with Gasteiger partial charge >= 0.3 is 5.97 Å². The molecule has 0 aromatic carbocycles. The second kappa shape index (κ2) is 5.43. The zero-order chi connectivity index (χ0) is 11.3. The Balaban J connectivity index is 2.33. The molecule has 0 unspecified atom stereocenters. The number of carbonyl (C=O) groups is 1. The summed E-state index contributed by atoms with van der Waals surface area (Å²) in [7, 11) is -2.11. The van der Waals surface area contributed by atoms with Crippen LogP contribution in [-0.4, -0.2) is 45.4 Å². The van der Waals surface area contributed by atoms with Crippen molar-refractivity contribution >= 4 is 16.2 Å². The van der Waals surface area contributed by atoms with E-state index < -0.39 is 16.2 Å². The molecule has 0 radical (unpaired) electrons. The molecule has 0 aliphatic carbocycles. The van der Waals surface area contributed by atoms with Gasteiger partial charge in [0.15, 0.2) is 0 Å². The molecule has 1 fully saturated rings. The second-order valence-electron chi connectivity index (χ2n) is 3.33. The molecule has 1 aliphatic rings. The minimum Gasteiger partial charge on any atom is -0.469 e. The predicted octanol–water partition coefficient (Wildman–Crippen LogP) is -0.520. The molecule has 1 saturated heterocycles. The third kappa shape index (κ3) is 3.77. The third-order valence-corrected chi connectivity index (χ3v) is 3.86. The Bertz CT molecular complexity index is 309. The van der Waals surface area contributed by atoms with Crippen LogP contribution in [0, 0.1) is 0 Å². The number of ether oxygens (including phenoxy) is 1. The van der Waals surface area contributed by atoms with Crippen LogP contribution >= 0.6 is 0 Å². The van der Waals surface area contributed by atoms with E-state index in [2.05, 4.69) is 9.46 Å². The van der Waals surface area contributed by atoms with Crippen LogP contribution in [0.4, 0.5) is 0 Å². The van der Waals surface area contributed by atoms with Crippen molar-refractivity contribution in [2.24, 2.45) is 0 Å². The number of carbonyl (C=O) groups excluding carboxylic acids is 1. The van der Waals surface area contributed by atoms with E-state index in [1.54, 1.807) is 0 Å². The van der Waals surface area contributed by atoms with Gasteiger partial charge in [-0.15, -0.1) is 0 Å². The average molecular weight is 236 g/mol. The Hall–Kier alpha value is -0.660. The van der Waals surface area contributed by atoms with Crippen LogP contribution < -0.4 is 4.72 Å². The number of methoxy groups -OCH3 is 1. The van der Waals surface area contributed by atoms with Gasteiger partial charge in [-0.2, -0.15) is 12.7 Å². The zero-order valence-electron chi connectivity index (χ0n) is 8.73. The fourth-order valence-corrected chi connectivity index (χ4v) is 2.69. The van der Waals surface area contributed by atoms with Crippen LogP contribution in [0.3, 0.4) is 0 Å². The first-order valence-corrected chi connectivity index (χ1v) is 6.32. The van der Waals surface area contributed by atoms with E-state index in [4.69, 9.17) is 0 Å². The maximum Gasteiger partial charge on any atom is 0.306 e. The highest BCUT2D eigenvalue weighted by Gasteiger charge is 2.24. The van der Waals surface area contributed by atoms with E-state index in [-0.39, 0.29) is 13.0 Å². The number of nitrogens with one attached hydrogen (secondary N) is 1. The molecule has 0 aromatic heterocycles. The summed E-state index contributed by atoms with van der Waals surface area (Å²) in [4.78, 5) is 10.7. The van der Waals surface area contributed by atoms with Gasteiger partial charge in [-0.25, -0.2) is 4.72 Å². The van der Waals surface area contributed by atoms with E-state index in [1.165, 1.54) is 11.4 Å². The zero-order valence-corrected chi connectivity index (χ0v) is 9.55. The highest BCUT2D eigenvalue weighted by atomic mass is 32.2. The minimum atomic E-state index is -3.39. The van der Waals surface area contributed by atoms with Gasteiger partial charge in [-0.05, 0) is 12.8 Å². The van der Waals surface area contributed by atoms with Crippen LogP contribution in [-0.2, 0) is 19.7 Å². The van der Waals surface area contributed by atoms with Gasteiger partial charge in [0.2, 0.25) is 0 Å². The minimum absolute atomic E-state index is 0.0591. The van der Waals surface area contributed by atoms with Gasteiger partial charge < -0.3 is 4.74 Å². The lowest BCUT2D eigenvalue weighted by Crippen LogP contribution is -2.39. The van der Waals surface area contributed by atoms with Crippen LogP contribution in [0.2, 0.25) is 0 Å². The van der Waals surface area contributed by atoms with Gasteiger partial charge in [0, 0.05) is 19.6 Å². The number of hydrogen-bond donors (Lipinski definition) is 1. The summed E-state index contributed by atoms with van der Waals surface area (Å²) in [5.41, 5.74) is 0. The third-order valence-electron chi connectivity index (χ3n) is 2.25. The predicted molar refractivity (Wildman–Crippen MR) is 54.4 cm³/mol. The first kappa shape index (κ1) is 12.4. The summed E-state index contributed by atoms with van der Waals surface area (Å²) in [6.45, 7) is 1.21. The molecule has 1 heterocycles. The van der Waals surface area contributed by atoms with Crippen molar-refractivity contribution in [1.29, 1.82) is 0 Å². The molecule has 7 heteroatoms. The summed E-state index contributed by atoms with van der Waals surface area (Å²) in [6.07, 6.45) is 1.86. The van der Waals surface area contributed by atoms with Crippen molar-refractivity contribution in [3.05, 3.63) is 0 Å². The maximum absolute atomic E-state index is 11.6. The smallest absolute Gasteiger partial charge is 0.306 e. The van der Waals surface area contributed by atoms with Crippen molar-refractivity contribution in [2.75, 3.05) is 26.7 Å². The number of esters is 1. The fraction of sp³-hybridized carbons (Fsp3) is 0.875. The lowest BCUT2D eigenvalue weighted by atomic mass is 10.4. The Labute approximate surface area is 89.8 Å². The highest BCUT2D eigenvalue weighted by molar-refractivity contribution is 7.87. The van der Waals surface area contributed by atoms with E-state index in [0.29, 0.717) is 13.1 Å². The van der Waals surface area contributed by atoms with Crippen molar-refractivity contribution in [3.63, 3.8) is 0 Å². The second-order valence-corrected chi connectivity index (χ2v) is 5.09. The van der Waals surface area contributed by atoms with E-state index >= 15 is 0 Å². The highest BCUT2D eigenvalue weighted by Crippen LogP contribution is 2.10. The fourth-order valence-electron chi connectivity index (χ4n) is 1.40. The summed E-state index contributed by atoms with van der Waals surface area (Å²) < 4.78 is 31.3. The Morgan fingerprint density at radius 3 is 2.53 bits per heavy atom. The molecule has 0 amide bonds. The molecule has 1 N–H and O–H groups in total. The van der Waals surface area contributed by atoms with Crippen LogP contribution in [0.1, 0.15) is 19.3 Å². The monoisotopic (exact) mass is 236 g/mol. The van der Waals surface area contributed by atoms with E-state index in [1.807, 2.05) is 0 Å². The van der Waals surface area contributed by atoms with E-state index in [0.717, 1.165) is 12.8 Å². The maximum atomic E-state index is 11.6. The SMILES string of the molecule is COC(=O)CCNS(=O)(=O)N1CCCC1. The van der Waals surface area contributed by atoms with Crippen molar-refractivity contribution < 1.29 is 17.9 Å². The average Bonchev–Trinajstić information content (AvgIpc) is 2.70. The summed E-state index contributed by atoms with van der Waals surface area (Å²) in [6, 6.07) is 0. The molecule has 0 atom stereocenters. The lowest BCUT2D eigenvalue weighted by molar-refractivity contribution is -0.140. The van der Waals surface area contributed by atoms with Crippen molar-refractivity contribution in [2.45, 2.75) is 19.3 Å². The van der Waals surface area contributed by atoms with Crippen molar-refractivity contribution in [3.8, 4) is 0 Å². The first-order valence-electron chi connectivity index (χ1n) is 4.88. The molecule has 0 saturated carbocycles. The van der Waals surface area contributed by atoms with Gasteiger partial charge in [0.25, 0.3) is 10.2 Å². The van der Waals surface area contributed by atoms with Gasteiger partial charge in [-0.1, -0.05) is 0 Å². The molecular weight excluding hydrogens is 220 g/mol. The van der Waals surface area contributed by atoms with Crippen LogP contribution in [0.15, 0.2) is 0 Å². The largest absolute Gasteiger partial charge is 0.469 e. The summed E-state index contributed by atoms with van der Waals surface area (Å²) in [5, 5.41) is 0. The Morgan fingerprint density at radius 2 is 2.00 bits per heavy atom.